The lowest BCUT2D eigenvalue weighted by Gasteiger charge is -2.23. The molecule has 0 aromatic heterocycles. The second kappa shape index (κ2) is 6.53. The first kappa shape index (κ1) is 13.1. The van der Waals surface area contributed by atoms with Crippen molar-refractivity contribution in [3.8, 4) is 0 Å². The molecule has 0 N–H and O–H groups in total. The standard InChI is InChI=1S/C14H19BrO2/c1-2-11-6-7-12(13(15)9-11)10-17-14-5-3-4-8-16-14/h6-7,9,14H,2-5,8,10H2,1H3. The summed E-state index contributed by atoms with van der Waals surface area (Å²) in [5.41, 5.74) is 2.53. The van der Waals surface area contributed by atoms with Crippen LogP contribution in [0.2, 0.25) is 0 Å². The van der Waals surface area contributed by atoms with Crippen LogP contribution in [0.3, 0.4) is 0 Å². The van der Waals surface area contributed by atoms with Crippen LogP contribution in [0.15, 0.2) is 22.7 Å². The van der Waals surface area contributed by atoms with Crippen molar-refractivity contribution >= 4 is 15.9 Å². The number of hydrogen-bond donors (Lipinski definition) is 0. The van der Waals surface area contributed by atoms with Gasteiger partial charge in [-0.15, -0.1) is 0 Å². The Kier molecular flexibility index (Phi) is 5.01. The lowest BCUT2D eigenvalue weighted by atomic mass is 10.1. The Morgan fingerprint density at radius 2 is 2.29 bits per heavy atom. The summed E-state index contributed by atoms with van der Waals surface area (Å²) < 4.78 is 12.5. The molecule has 2 rings (SSSR count). The highest BCUT2D eigenvalue weighted by Gasteiger charge is 2.14. The molecular weight excluding hydrogens is 280 g/mol. The molecule has 1 atom stereocenters. The summed E-state index contributed by atoms with van der Waals surface area (Å²) in [6.07, 6.45) is 4.44. The average Bonchev–Trinajstić information content (AvgIpc) is 2.38. The van der Waals surface area contributed by atoms with Gasteiger partial charge >= 0.3 is 0 Å². The first-order valence-corrected chi connectivity index (χ1v) is 7.09. The van der Waals surface area contributed by atoms with Gasteiger partial charge < -0.3 is 9.47 Å². The van der Waals surface area contributed by atoms with Crippen LogP contribution in [0.5, 0.6) is 0 Å². The fourth-order valence-corrected chi connectivity index (χ4v) is 2.49. The Balaban J connectivity index is 1.89. The molecule has 0 spiro atoms. The lowest BCUT2D eigenvalue weighted by Crippen LogP contribution is -2.22. The molecule has 1 unspecified atom stereocenters. The highest BCUT2D eigenvalue weighted by Crippen LogP contribution is 2.22. The number of benzene rings is 1. The summed E-state index contributed by atoms with van der Waals surface area (Å²) in [6, 6.07) is 6.46. The zero-order chi connectivity index (χ0) is 12.1. The van der Waals surface area contributed by atoms with Crippen molar-refractivity contribution in [2.24, 2.45) is 0 Å². The van der Waals surface area contributed by atoms with E-state index in [1.165, 1.54) is 17.5 Å². The number of hydrogen-bond acceptors (Lipinski definition) is 2. The molecule has 1 saturated heterocycles. The molecule has 1 aliphatic rings. The molecule has 94 valence electrons. The van der Waals surface area contributed by atoms with Crippen LogP contribution >= 0.6 is 15.9 Å². The Labute approximate surface area is 111 Å². The normalized spacial score (nSPS) is 20.5. The van der Waals surface area contributed by atoms with E-state index in [2.05, 4.69) is 41.1 Å². The van der Waals surface area contributed by atoms with Gasteiger partial charge in [0.1, 0.15) is 0 Å². The second-order valence-corrected chi connectivity index (χ2v) is 5.24. The van der Waals surface area contributed by atoms with E-state index in [1.807, 2.05) is 0 Å². The number of ether oxygens (including phenoxy) is 2. The van der Waals surface area contributed by atoms with Crippen LogP contribution in [0, 0.1) is 0 Å². The maximum Gasteiger partial charge on any atom is 0.158 e. The summed E-state index contributed by atoms with van der Waals surface area (Å²) in [5.74, 6) is 0. The van der Waals surface area contributed by atoms with E-state index in [9.17, 15) is 0 Å². The quantitative estimate of drug-likeness (QED) is 0.835. The van der Waals surface area contributed by atoms with Gasteiger partial charge in [-0.3, -0.25) is 0 Å². The van der Waals surface area contributed by atoms with Gasteiger partial charge in [-0.2, -0.15) is 0 Å². The number of halogens is 1. The molecule has 0 amide bonds. The third-order valence-corrected chi connectivity index (χ3v) is 3.83. The average molecular weight is 299 g/mol. The van der Waals surface area contributed by atoms with Gasteiger partial charge in [0.25, 0.3) is 0 Å². The zero-order valence-electron chi connectivity index (χ0n) is 10.2. The van der Waals surface area contributed by atoms with Crippen LogP contribution < -0.4 is 0 Å². The van der Waals surface area contributed by atoms with Gasteiger partial charge in [0.05, 0.1) is 6.61 Å². The van der Waals surface area contributed by atoms with Gasteiger partial charge in [-0.1, -0.05) is 35.0 Å². The smallest absolute Gasteiger partial charge is 0.158 e. The Hall–Kier alpha value is -0.380. The third-order valence-electron chi connectivity index (χ3n) is 3.09. The SMILES string of the molecule is CCc1ccc(COC2CCCCO2)c(Br)c1. The van der Waals surface area contributed by atoms with E-state index in [0.717, 1.165) is 30.3 Å². The minimum absolute atomic E-state index is 0.0125. The minimum atomic E-state index is -0.0125. The van der Waals surface area contributed by atoms with Gasteiger partial charge in [0.2, 0.25) is 0 Å². The molecule has 1 aromatic carbocycles. The minimum Gasteiger partial charge on any atom is -0.353 e. The Bertz CT molecular complexity index is 359. The van der Waals surface area contributed by atoms with E-state index < -0.39 is 0 Å². The maximum absolute atomic E-state index is 5.77. The van der Waals surface area contributed by atoms with Crippen LogP contribution in [-0.4, -0.2) is 12.9 Å². The van der Waals surface area contributed by atoms with Gasteiger partial charge in [0.15, 0.2) is 6.29 Å². The Morgan fingerprint density at radius 1 is 1.41 bits per heavy atom. The Morgan fingerprint density at radius 3 is 2.94 bits per heavy atom. The molecule has 1 aromatic rings. The van der Waals surface area contributed by atoms with Crippen molar-refractivity contribution in [3.05, 3.63) is 33.8 Å². The molecular formula is C14H19BrO2. The van der Waals surface area contributed by atoms with Crippen molar-refractivity contribution in [2.45, 2.75) is 45.5 Å². The van der Waals surface area contributed by atoms with E-state index in [1.54, 1.807) is 0 Å². The highest BCUT2D eigenvalue weighted by atomic mass is 79.9. The molecule has 1 fully saturated rings. The molecule has 1 aliphatic heterocycles. The fourth-order valence-electron chi connectivity index (χ4n) is 1.95. The molecule has 0 bridgehead atoms. The van der Waals surface area contributed by atoms with Gasteiger partial charge in [-0.25, -0.2) is 0 Å². The lowest BCUT2D eigenvalue weighted by molar-refractivity contribution is -0.169. The number of rotatable bonds is 4. The van der Waals surface area contributed by atoms with Crippen LogP contribution in [-0.2, 0) is 22.5 Å². The summed E-state index contributed by atoms with van der Waals surface area (Å²) in [5, 5.41) is 0. The van der Waals surface area contributed by atoms with Crippen molar-refractivity contribution in [3.63, 3.8) is 0 Å². The zero-order valence-corrected chi connectivity index (χ0v) is 11.8. The summed E-state index contributed by atoms with van der Waals surface area (Å²) in [6.45, 7) is 3.61. The van der Waals surface area contributed by atoms with Crippen LogP contribution in [0.4, 0.5) is 0 Å². The van der Waals surface area contributed by atoms with E-state index >= 15 is 0 Å². The largest absolute Gasteiger partial charge is 0.353 e. The van der Waals surface area contributed by atoms with Crippen LogP contribution in [0.25, 0.3) is 0 Å². The molecule has 2 nitrogen and oxygen atoms in total. The van der Waals surface area contributed by atoms with E-state index in [0.29, 0.717) is 6.61 Å². The maximum atomic E-state index is 5.77. The molecule has 0 saturated carbocycles. The monoisotopic (exact) mass is 298 g/mol. The van der Waals surface area contributed by atoms with Crippen molar-refractivity contribution in [1.82, 2.24) is 0 Å². The first-order chi connectivity index (χ1) is 8.29. The predicted octanol–water partition coefficient (Wildman–Crippen LogP) is 4.05. The summed E-state index contributed by atoms with van der Waals surface area (Å²) >= 11 is 3.59. The second-order valence-electron chi connectivity index (χ2n) is 4.39. The summed E-state index contributed by atoms with van der Waals surface area (Å²) in [7, 11) is 0. The number of aryl methyl sites for hydroxylation is 1. The molecule has 17 heavy (non-hydrogen) atoms. The first-order valence-electron chi connectivity index (χ1n) is 6.30. The molecule has 0 aliphatic carbocycles. The van der Waals surface area contributed by atoms with Crippen molar-refractivity contribution < 1.29 is 9.47 Å². The highest BCUT2D eigenvalue weighted by molar-refractivity contribution is 9.10. The topological polar surface area (TPSA) is 18.5 Å². The fraction of sp³-hybridized carbons (Fsp3) is 0.571. The predicted molar refractivity (Wildman–Crippen MR) is 71.9 cm³/mol. The molecule has 0 radical (unpaired) electrons. The van der Waals surface area contributed by atoms with Gasteiger partial charge in [-0.05, 0) is 42.9 Å². The molecule has 3 heteroatoms. The van der Waals surface area contributed by atoms with Crippen molar-refractivity contribution in [1.29, 1.82) is 0 Å². The van der Waals surface area contributed by atoms with E-state index in [-0.39, 0.29) is 6.29 Å². The summed E-state index contributed by atoms with van der Waals surface area (Å²) in [4.78, 5) is 0. The third kappa shape index (κ3) is 3.80. The van der Waals surface area contributed by atoms with Crippen LogP contribution in [0.1, 0.15) is 37.3 Å². The van der Waals surface area contributed by atoms with Gasteiger partial charge in [0, 0.05) is 11.1 Å². The van der Waals surface area contributed by atoms with Crippen molar-refractivity contribution in [2.75, 3.05) is 6.61 Å². The van der Waals surface area contributed by atoms with E-state index in [4.69, 9.17) is 9.47 Å². The molecule has 1 heterocycles.